The van der Waals surface area contributed by atoms with E-state index in [9.17, 15) is 18.0 Å². The molecule has 0 aliphatic heterocycles. The number of benzene rings is 2. The summed E-state index contributed by atoms with van der Waals surface area (Å²) in [5.74, 6) is 0.231. The summed E-state index contributed by atoms with van der Waals surface area (Å²) in [6, 6.07) is 13.5. The quantitative estimate of drug-likeness (QED) is 0.490. The van der Waals surface area contributed by atoms with Crippen molar-refractivity contribution < 1.29 is 22.7 Å². The molecule has 0 atom stereocenters. The number of nitrogens with one attached hydrogen (secondary N) is 3. The molecule has 0 heterocycles. The van der Waals surface area contributed by atoms with Crippen molar-refractivity contribution in [1.29, 1.82) is 0 Å². The Bertz CT molecular complexity index is 1070. The summed E-state index contributed by atoms with van der Waals surface area (Å²) < 4.78 is 32.8. The lowest BCUT2D eigenvalue weighted by Crippen LogP contribution is -2.40. The van der Waals surface area contributed by atoms with E-state index in [4.69, 9.17) is 4.74 Å². The summed E-state index contributed by atoms with van der Waals surface area (Å²) in [5.41, 5.74) is 0.807. The minimum Gasteiger partial charge on any atom is -0.484 e. The normalized spacial score (nSPS) is 13.9. The molecule has 0 spiro atoms. The molecule has 0 aromatic heterocycles. The zero-order chi connectivity index (χ0) is 24.1. The van der Waals surface area contributed by atoms with Crippen LogP contribution >= 0.6 is 0 Å². The van der Waals surface area contributed by atoms with Gasteiger partial charge < -0.3 is 15.4 Å². The first-order chi connectivity index (χ1) is 15.5. The van der Waals surface area contributed by atoms with Gasteiger partial charge in [-0.15, -0.1) is 0 Å². The third-order valence-electron chi connectivity index (χ3n) is 4.80. The first kappa shape index (κ1) is 24.7. The van der Waals surface area contributed by atoms with Crippen LogP contribution < -0.4 is 20.1 Å². The molecule has 2 aromatic rings. The lowest BCUT2D eigenvalue weighted by Gasteiger charge is -2.20. The molecule has 1 saturated carbocycles. The molecule has 1 aliphatic carbocycles. The number of amides is 2. The number of carbonyl (C=O) groups is 2. The average molecular weight is 474 g/mol. The van der Waals surface area contributed by atoms with Crippen LogP contribution in [0.3, 0.4) is 0 Å². The minimum atomic E-state index is -3.64. The SMILES string of the molecule is CC(C)(C)NS(=O)(=O)c1ccc(C(=O)NCCc2ccc(OCC(=O)NC3CC3)cc2)cc1. The zero-order valence-electron chi connectivity index (χ0n) is 19.2. The molecule has 3 rings (SSSR count). The zero-order valence-corrected chi connectivity index (χ0v) is 20.0. The van der Waals surface area contributed by atoms with Crippen molar-refractivity contribution in [2.24, 2.45) is 0 Å². The van der Waals surface area contributed by atoms with Crippen LogP contribution in [0.2, 0.25) is 0 Å². The topological polar surface area (TPSA) is 114 Å². The van der Waals surface area contributed by atoms with Gasteiger partial charge in [-0.3, -0.25) is 9.59 Å². The van der Waals surface area contributed by atoms with Crippen molar-refractivity contribution in [2.75, 3.05) is 13.2 Å². The Labute approximate surface area is 195 Å². The summed E-state index contributed by atoms with van der Waals surface area (Å²) in [7, 11) is -3.64. The van der Waals surface area contributed by atoms with Crippen LogP contribution in [0.1, 0.15) is 49.5 Å². The highest BCUT2D eigenvalue weighted by Crippen LogP contribution is 2.18. The highest BCUT2D eigenvalue weighted by atomic mass is 32.2. The van der Waals surface area contributed by atoms with Gasteiger partial charge in [0.2, 0.25) is 10.0 Å². The fourth-order valence-electron chi connectivity index (χ4n) is 3.07. The van der Waals surface area contributed by atoms with Crippen LogP contribution in [0.5, 0.6) is 5.75 Å². The van der Waals surface area contributed by atoms with E-state index in [0.717, 1.165) is 18.4 Å². The van der Waals surface area contributed by atoms with Gasteiger partial charge in [0.25, 0.3) is 11.8 Å². The lowest BCUT2D eigenvalue weighted by atomic mass is 10.1. The van der Waals surface area contributed by atoms with Gasteiger partial charge in [0.15, 0.2) is 6.61 Å². The molecule has 3 N–H and O–H groups in total. The molecule has 8 nitrogen and oxygen atoms in total. The van der Waals surface area contributed by atoms with Gasteiger partial charge in [-0.25, -0.2) is 13.1 Å². The van der Waals surface area contributed by atoms with Gasteiger partial charge in [-0.1, -0.05) is 12.1 Å². The molecule has 2 aromatic carbocycles. The maximum Gasteiger partial charge on any atom is 0.258 e. The molecule has 33 heavy (non-hydrogen) atoms. The predicted octanol–water partition coefficient (Wildman–Crippen LogP) is 2.39. The van der Waals surface area contributed by atoms with Gasteiger partial charge >= 0.3 is 0 Å². The van der Waals surface area contributed by atoms with Crippen LogP contribution in [0.15, 0.2) is 53.4 Å². The molecule has 178 valence electrons. The Kier molecular flexibility index (Phi) is 7.76. The summed E-state index contributed by atoms with van der Waals surface area (Å²) in [5, 5.41) is 5.70. The van der Waals surface area contributed by atoms with Crippen molar-refractivity contribution in [2.45, 2.75) is 56.5 Å². The van der Waals surface area contributed by atoms with Crippen LogP contribution in [-0.4, -0.2) is 45.0 Å². The number of sulfonamides is 1. The molecule has 0 unspecified atom stereocenters. The second-order valence-corrected chi connectivity index (χ2v) is 10.8. The number of hydrogen-bond acceptors (Lipinski definition) is 5. The number of ether oxygens (including phenoxy) is 1. The minimum absolute atomic E-state index is 0.00172. The first-order valence-corrected chi connectivity index (χ1v) is 12.4. The second-order valence-electron chi connectivity index (χ2n) is 9.16. The molecule has 1 aliphatic rings. The molecular formula is C24H31N3O5S. The maximum atomic E-state index is 12.4. The fraction of sp³-hybridized carbons (Fsp3) is 0.417. The molecular weight excluding hydrogens is 442 g/mol. The monoisotopic (exact) mass is 473 g/mol. The summed E-state index contributed by atoms with van der Waals surface area (Å²) in [6.45, 7) is 5.72. The first-order valence-electron chi connectivity index (χ1n) is 11.0. The fourth-order valence-corrected chi connectivity index (χ4v) is 4.49. The van der Waals surface area contributed by atoms with Crippen LogP contribution in [0, 0.1) is 0 Å². The van der Waals surface area contributed by atoms with Gasteiger partial charge in [0.1, 0.15) is 5.75 Å². The van der Waals surface area contributed by atoms with Gasteiger partial charge in [-0.05, 0) is 82.0 Å². The van der Waals surface area contributed by atoms with E-state index in [1.54, 1.807) is 32.9 Å². The van der Waals surface area contributed by atoms with Crippen molar-refractivity contribution in [1.82, 2.24) is 15.4 Å². The second kappa shape index (κ2) is 10.4. The molecule has 0 bridgehead atoms. The Hall–Kier alpha value is -2.91. The summed E-state index contributed by atoms with van der Waals surface area (Å²) >= 11 is 0. The van der Waals surface area contributed by atoms with E-state index in [0.29, 0.717) is 30.3 Å². The van der Waals surface area contributed by atoms with E-state index in [-0.39, 0.29) is 23.3 Å². The molecule has 1 fully saturated rings. The van der Waals surface area contributed by atoms with Gasteiger partial charge in [0, 0.05) is 23.7 Å². The van der Waals surface area contributed by atoms with E-state index in [1.165, 1.54) is 24.3 Å². The molecule has 2 amide bonds. The Balaban J connectivity index is 1.43. The number of hydrogen-bond donors (Lipinski definition) is 3. The molecule has 9 heteroatoms. The predicted molar refractivity (Wildman–Crippen MR) is 126 cm³/mol. The smallest absolute Gasteiger partial charge is 0.258 e. The van der Waals surface area contributed by atoms with Crippen molar-refractivity contribution >= 4 is 21.8 Å². The highest BCUT2D eigenvalue weighted by Gasteiger charge is 2.23. The van der Waals surface area contributed by atoms with Crippen molar-refractivity contribution in [3.63, 3.8) is 0 Å². The van der Waals surface area contributed by atoms with E-state index < -0.39 is 15.6 Å². The van der Waals surface area contributed by atoms with E-state index in [2.05, 4.69) is 15.4 Å². The summed E-state index contributed by atoms with van der Waals surface area (Å²) in [6.07, 6.45) is 2.70. The van der Waals surface area contributed by atoms with Crippen molar-refractivity contribution in [3.05, 3.63) is 59.7 Å². The molecule has 0 radical (unpaired) electrons. The van der Waals surface area contributed by atoms with Crippen LogP contribution in [0.4, 0.5) is 0 Å². The van der Waals surface area contributed by atoms with Gasteiger partial charge in [-0.2, -0.15) is 0 Å². The van der Waals surface area contributed by atoms with Crippen LogP contribution in [-0.2, 0) is 21.2 Å². The highest BCUT2D eigenvalue weighted by molar-refractivity contribution is 7.89. The maximum absolute atomic E-state index is 12.4. The van der Waals surface area contributed by atoms with E-state index >= 15 is 0 Å². The summed E-state index contributed by atoms with van der Waals surface area (Å²) in [4.78, 5) is 24.2. The third-order valence-corrected chi connectivity index (χ3v) is 6.58. The van der Waals surface area contributed by atoms with Crippen LogP contribution in [0.25, 0.3) is 0 Å². The molecule has 0 saturated heterocycles. The lowest BCUT2D eigenvalue weighted by molar-refractivity contribution is -0.123. The standard InChI is InChI=1S/C24H31N3O5S/c1-24(2,3)27-33(30,31)21-12-6-18(7-13-21)23(29)25-15-14-17-4-10-20(11-5-17)32-16-22(28)26-19-8-9-19/h4-7,10-13,19,27H,8-9,14-16H2,1-3H3,(H,25,29)(H,26,28). The number of rotatable bonds is 10. The third kappa shape index (κ3) is 8.18. The number of carbonyl (C=O) groups excluding carboxylic acids is 2. The largest absolute Gasteiger partial charge is 0.484 e. The Morgan fingerprint density at radius 3 is 2.21 bits per heavy atom. The Morgan fingerprint density at radius 2 is 1.64 bits per heavy atom. The van der Waals surface area contributed by atoms with Gasteiger partial charge in [0.05, 0.1) is 4.90 Å². The Morgan fingerprint density at radius 1 is 1.00 bits per heavy atom. The van der Waals surface area contributed by atoms with E-state index in [1.807, 2.05) is 12.1 Å². The average Bonchev–Trinajstić information content (AvgIpc) is 3.55. The van der Waals surface area contributed by atoms with Crippen molar-refractivity contribution in [3.8, 4) is 5.75 Å².